The van der Waals surface area contributed by atoms with Crippen LogP contribution in [0, 0.1) is 5.92 Å². The van der Waals surface area contributed by atoms with Gasteiger partial charge < -0.3 is 5.73 Å². The van der Waals surface area contributed by atoms with Crippen molar-refractivity contribution in [3.8, 4) is 0 Å². The van der Waals surface area contributed by atoms with Crippen molar-refractivity contribution in [2.75, 3.05) is 0 Å². The van der Waals surface area contributed by atoms with Crippen LogP contribution in [0.4, 0.5) is 8.78 Å². The maximum atomic E-state index is 13.2. The van der Waals surface area contributed by atoms with E-state index in [1.165, 1.54) is 6.92 Å². The lowest BCUT2D eigenvalue weighted by Crippen LogP contribution is -2.20. The van der Waals surface area contributed by atoms with Crippen LogP contribution in [0.3, 0.4) is 0 Å². The minimum atomic E-state index is -2.81. The molecule has 0 aliphatic carbocycles. The Morgan fingerprint density at radius 2 is 2.00 bits per heavy atom. The predicted octanol–water partition coefficient (Wildman–Crippen LogP) is 3.64. The number of halogens is 2. The topological polar surface area (TPSA) is 26.0 Å². The SMILES string of the molecule is C=C(N)C(/C=C\C)CC(=C)C(F)(F)CC. The summed E-state index contributed by atoms with van der Waals surface area (Å²) in [6.45, 7) is 10.3. The fourth-order valence-corrected chi connectivity index (χ4v) is 1.22. The van der Waals surface area contributed by atoms with Crippen LogP contribution >= 0.6 is 0 Å². The summed E-state index contributed by atoms with van der Waals surface area (Å²) in [7, 11) is 0. The summed E-state index contributed by atoms with van der Waals surface area (Å²) < 4.78 is 26.4. The predicted molar refractivity (Wildman–Crippen MR) is 60.6 cm³/mol. The second-order valence-corrected chi connectivity index (χ2v) is 3.57. The molecule has 0 aromatic carbocycles. The van der Waals surface area contributed by atoms with Gasteiger partial charge in [-0.25, -0.2) is 8.78 Å². The molecule has 0 aliphatic heterocycles. The third-order valence-corrected chi connectivity index (χ3v) is 2.33. The molecule has 86 valence electrons. The Hall–Kier alpha value is -1.12. The molecule has 2 N–H and O–H groups in total. The van der Waals surface area contributed by atoms with Crippen LogP contribution < -0.4 is 5.73 Å². The zero-order chi connectivity index (χ0) is 12.1. The van der Waals surface area contributed by atoms with Crippen LogP contribution in [0.15, 0.2) is 36.6 Å². The van der Waals surface area contributed by atoms with Crippen molar-refractivity contribution in [3.05, 3.63) is 36.6 Å². The molecule has 3 heteroatoms. The minimum Gasteiger partial charge on any atom is -0.402 e. The van der Waals surface area contributed by atoms with Gasteiger partial charge in [0.15, 0.2) is 0 Å². The average Bonchev–Trinajstić information content (AvgIpc) is 2.16. The normalized spacial score (nSPS) is 14.1. The Bertz CT molecular complexity index is 267. The summed E-state index contributed by atoms with van der Waals surface area (Å²) in [6.07, 6.45) is 3.46. The lowest BCUT2D eigenvalue weighted by atomic mass is 9.93. The zero-order valence-corrected chi connectivity index (χ0v) is 9.39. The van der Waals surface area contributed by atoms with Gasteiger partial charge in [-0.3, -0.25) is 0 Å². The molecule has 0 heterocycles. The van der Waals surface area contributed by atoms with Gasteiger partial charge >= 0.3 is 0 Å². The molecule has 0 aromatic rings. The van der Waals surface area contributed by atoms with Gasteiger partial charge in [0.1, 0.15) is 0 Å². The van der Waals surface area contributed by atoms with Gasteiger partial charge in [-0.1, -0.05) is 32.2 Å². The van der Waals surface area contributed by atoms with Crippen LogP contribution in [0.5, 0.6) is 0 Å². The molecule has 0 aliphatic rings. The number of allylic oxidation sites excluding steroid dienone is 3. The van der Waals surface area contributed by atoms with Crippen LogP contribution in [-0.2, 0) is 0 Å². The number of hydrogen-bond acceptors (Lipinski definition) is 1. The fourth-order valence-electron chi connectivity index (χ4n) is 1.22. The van der Waals surface area contributed by atoms with Gasteiger partial charge in [0.2, 0.25) is 0 Å². The number of rotatable bonds is 6. The second kappa shape index (κ2) is 5.69. The number of nitrogens with two attached hydrogens (primary N) is 1. The summed E-state index contributed by atoms with van der Waals surface area (Å²) >= 11 is 0. The van der Waals surface area contributed by atoms with E-state index in [1.54, 1.807) is 12.2 Å². The lowest BCUT2D eigenvalue weighted by Gasteiger charge is -2.20. The van der Waals surface area contributed by atoms with Gasteiger partial charge in [-0.2, -0.15) is 0 Å². The Morgan fingerprint density at radius 3 is 2.33 bits per heavy atom. The molecular formula is C12H19F2N. The van der Waals surface area contributed by atoms with E-state index >= 15 is 0 Å². The first-order valence-corrected chi connectivity index (χ1v) is 4.98. The van der Waals surface area contributed by atoms with E-state index in [9.17, 15) is 8.78 Å². The highest BCUT2D eigenvalue weighted by molar-refractivity contribution is 5.16. The third-order valence-electron chi connectivity index (χ3n) is 2.33. The van der Waals surface area contributed by atoms with Gasteiger partial charge in [0.25, 0.3) is 5.92 Å². The molecule has 0 rings (SSSR count). The first-order chi connectivity index (χ1) is 6.85. The Morgan fingerprint density at radius 1 is 1.47 bits per heavy atom. The van der Waals surface area contributed by atoms with Crippen molar-refractivity contribution in [2.45, 2.75) is 32.6 Å². The van der Waals surface area contributed by atoms with Crippen LogP contribution in [0.1, 0.15) is 26.7 Å². The van der Waals surface area contributed by atoms with Crippen LogP contribution in [0.2, 0.25) is 0 Å². The Kier molecular flexibility index (Phi) is 5.26. The largest absolute Gasteiger partial charge is 0.402 e. The van der Waals surface area contributed by atoms with Crippen LogP contribution in [-0.4, -0.2) is 5.92 Å². The minimum absolute atomic E-state index is 0.0836. The van der Waals surface area contributed by atoms with Gasteiger partial charge in [0, 0.05) is 18.0 Å². The zero-order valence-electron chi connectivity index (χ0n) is 9.39. The molecule has 15 heavy (non-hydrogen) atoms. The summed E-state index contributed by atoms with van der Waals surface area (Å²) in [5.41, 5.74) is 5.83. The molecule has 0 amide bonds. The molecule has 0 bridgehead atoms. The second-order valence-electron chi connectivity index (χ2n) is 3.57. The van der Waals surface area contributed by atoms with E-state index in [2.05, 4.69) is 13.2 Å². The fraction of sp³-hybridized carbons (Fsp3) is 0.500. The highest BCUT2D eigenvalue weighted by Gasteiger charge is 2.31. The van der Waals surface area contributed by atoms with E-state index in [-0.39, 0.29) is 24.3 Å². The highest BCUT2D eigenvalue weighted by Crippen LogP contribution is 2.32. The van der Waals surface area contributed by atoms with Gasteiger partial charge in [0.05, 0.1) is 0 Å². The van der Waals surface area contributed by atoms with Gasteiger partial charge in [-0.05, 0) is 18.9 Å². The Labute approximate surface area is 90.4 Å². The maximum Gasteiger partial charge on any atom is 0.268 e. The lowest BCUT2D eigenvalue weighted by molar-refractivity contribution is 0.0336. The van der Waals surface area contributed by atoms with Crippen molar-refractivity contribution in [1.29, 1.82) is 0 Å². The van der Waals surface area contributed by atoms with E-state index in [0.29, 0.717) is 5.70 Å². The molecule has 1 nitrogen and oxygen atoms in total. The van der Waals surface area contributed by atoms with Crippen LogP contribution in [0.25, 0.3) is 0 Å². The van der Waals surface area contributed by atoms with E-state index < -0.39 is 5.92 Å². The third kappa shape index (κ3) is 4.28. The highest BCUT2D eigenvalue weighted by atomic mass is 19.3. The molecule has 1 unspecified atom stereocenters. The first-order valence-electron chi connectivity index (χ1n) is 4.98. The average molecular weight is 215 g/mol. The number of alkyl halides is 2. The van der Waals surface area contributed by atoms with Crippen molar-refractivity contribution in [2.24, 2.45) is 11.7 Å². The quantitative estimate of drug-likeness (QED) is 0.672. The summed E-state index contributed by atoms with van der Waals surface area (Å²) in [5.74, 6) is -3.06. The molecule has 1 atom stereocenters. The number of hydrogen-bond donors (Lipinski definition) is 1. The maximum absolute atomic E-state index is 13.2. The molecule has 0 spiro atoms. The Balaban J connectivity index is 4.56. The van der Waals surface area contributed by atoms with E-state index in [0.717, 1.165) is 0 Å². The first kappa shape index (κ1) is 13.9. The molecule has 0 aromatic heterocycles. The molecule has 0 fully saturated rings. The molecule has 0 saturated carbocycles. The summed E-state index contributed by atoms with van der Waals surface area (Å²) in [6, 6.07) is 0. The smallest absolute Gasteiger partial charge is 0.268 e. The van der Waals surface area contributed by atoms with Crippen molar-refractivity contribution in [3.63, 3.8) is 0 Å². The summed E-state index contributed by atoms with van der Waals surface area (Å²) in [5, 5.41) is 0. The monoisotopic (exact) mass is 215 g/mol. The van der Waals surface area contributed by atoms with Crippen molar-refractivity contribution >= 4 is 0 Å². The summed E-state index contributed by atoms with van der Waals surface area (Å²) in [4.78, 5) is 0. The van der Waals surface area contributed by atoms with E-state index in [1.807, 2.05) is 6.92 Å². The van der Waals surface area contributed by atoms with Gasteiger partial charge in [-0.15, -0.1) is 0 Å². The standard InChI is InChI=1S/C12H19F2N/c1-5-7-11(10(4)15)8-9(3)12(13,14)6-2/h5,7,11H,3-4,6,8,15H2,1-2H3/b7-5-. The van der Waals surface area contributed by atoms with Crippen molar-refractivity contribution in [1.82, 2.24) is 0 Å². The van der Waals surface area contributed by atoms with E-state index in [4.69, 9.17) is 5.73 Å². The van der Waals surface area contributed by atoms with Crippen molar-refractivity contribution < 1.29 is 8.78 Å². The molecular weight excluding hydrogens is 196 g/mol. The molecule has 0 saturated heterocycles. The molecule has 0 radical (unpaired) electrons.